The number of hydrogen-bond acceptors (Lipinski definition) is 5. The summed E-state index contributed by atoms with van der Waals surface area (Å²) in [6, 6.07) is 10.6. The molecular formula is C15H15N3O3S. The van der Waals surface area contributed by atoms with Crippen LogP contribution in [-0.2, 0) is 11.2 Å². The van der Waals surface area contributed by atoms with Gasteiger partial charge in [0.15, 0.2) is 0 Å². The van der Waals surface area contributed by atoms with E-state index in [2.05, 4.69) is 17.2 Å². The third-order valence-corrected chi connectivity index (χ3v) is 3.87. The second kappa shape index (κ2) is 7.56. The summed E-state index contributed by atoms with van der Waals surface area (Å²) in [7, 11) is 0. The molecule has 1 aromatic heterocycles. The van der Waals surface area contributed by atoms with Gasteiger partial charge in [-0.05, 0) is 30.2 Å². The summed E-state index contributed by atoms with van der Waals surface area (Å²) in [6.07, 6.45) is 2.14. The monoisotopic (exact) mass is 317 g/mol. The Morgan fingerprint density at radius 1 is 1.27 bits per heavy atom. The van der Waals surface area contributed by atoms with Gasteiger partial charge in [-0.25, -0.2) is 4.98 Å². The lowest BCUT2D eigenvalue weighted by Crippen LogP contribution is -2.14. The van der Waals surface area contributed by atoms with Crippen molar-refractivity contribution in [2.45, 2.75) is 18.4 Å². The zero-order valence-electron chi connectivity index (χ0n) is 12.0. The fraction of sp³-hybridized carbons (Fsp3) is 0.200. The number of rotatable bonds is 6. The van der Waals surface area contributed by atoms with Gasteiger partial charge >= 0.3 is 0 Å². The van der Waals surface area contributed by atoms with Crippen molar-refractivity contribution in [3.63, 3.8) is 0 Å². The number of anilines is 1. The molecule has 0 saturated carbocycles. The Balaban J connectivity index is 1.85. The molecular weight excluding hydrogens is 302 g/mol. The van der Waals surface area contributed by atoms with E-state index >= 15 is 0 Å². The van der Waals surface area contributed by atoms with Gasteiger partial charge in [0.05, 0.1) is 15.7 Å². The molecule has 1 heterocycles. The second-order valence-corrected chi connectivity index (χ2v) is 5.49. The minimum absolute atomic E-state index is 0.0650. The van der Waals surface area contributed by atoms with Crippen molar-refractivity contribution in [2.75, 3.05) is 11.1 Å². The van der Waals surface area contributed by atoms with Crippen LogP contribution in [0.4, 0.5) is 11.4 Å². The number of aryl methyl sites for hydroxylation is 1. The fourth-order valence-corrected chi connectivity index (χ4v) is 2.37. The van der Waals surface area contributed by atoms with E-state index in [0.29, 0.717) is 5.03 Å². The lowest BCUT2D eigenvalue weighted by atomic mass is 10.1. The van der Waals surface area contributed by atoms with Crippen LogP contribution < -0.4 is 5.32 Å². The Morgan fingerprint density at radius 2 is 2.00 bits per heavy atom. The molecule has 0 atom stereocenters. The van der Waals surface area contributed by atoms with Crippen LogP contribution in [0.2, 0.25) is 0 Å². The zero-order valence-corrected chi connectivity index (χ0v) is 12.8. The number of amides is 1. The predicted molar refractivity (Wildman–Crippen MR) is 86.1 cm³/mol. The maximum absolute atomic E-state index is 11.8. The molecule has 0 saturated heterocycles. The van der Waals surface area contributed by atoms with E-state index in [4.69, 9.17) is 0 Å². The van der Waals surface area contributed by atoms with Crippen molar-refractivity contribution in [3.05, 3.63) is 58.3 Å². The summed E-state index contributed by atoms with van der Waals surface area (Å²) >= 11 is 1.23. The summed E-state index contributed by atoms with van der Waals surface area (Å²) < 4.78 is 0. The number of pyridine rings is 1. The van der Waals surface area contributed by atoms with Crippen molar-refractivity contribution in [3.8, 4) is 0 Å². The van der Waals surface area contributed by atoms with Crippen LogP contribution in [0.15, 0.2) is 47.6 Å². The van der Waals surface area contributed by atoms with Crippen LogP contribution in [0.25, 0.3) is 0 Å². The molecule has 0 unspecified atom stereocenters. The Bertz CT molecular complexity index is 657. The number of nitrogens with zero attached hydrogens (tertiary/aromatic N) is 2. The summed E-state index contributed by atoms with van der Waals surface area (Å²) in [5.41, 5.74) is 1.90. The average molecular weight is 317 g/mol. The Morgan fingerprint density at radius 3 is 2.55 bits per heavy atom. The molecule has 2 rings (SSSR count). The van der Waals surface area contributed by atoms with Crippen molar-refractivity contribution >= 4 is 29.0 Å². The topological polar surface area (TPSA) is 85.1 Å². The highest BCUT2D eigenvalue weighted by Crippen LogP contribution is 2.18. The van der Waals surface area contributed by atoms with E-state index in [1.165, 1.54) is 35.7 Å². The van der Waals surface area contributed by atoms with Crippen molar-refractivity contribution in [2.24, 2.45) is 0 Å². The molecule has 7 heteroatoms. The number of thioether (sulfide) groups is 1. The van der Waals surface area contributed by atoms with Gasteiger partial charge in [-0.2, -0.15) is 0 Å². The molecule has 0 bridgehead atoms. The first-order valence-corrected chi connectivity index (χ1v) is 7.69. The molecule has 0 fully saturated rings. The van der Waals surface area contributed by atoms with Crippen LogP contribution in [0, 0.1) is 10.1 Å². The first kappa shape index (κ1) is 16.0. The normalized spacial score (nSPS) is 10.2. The van der Waals surface area contributed by atoms with E-state index in [0.717, 1.165) is 12.1 Å². The van der Waals surface area contributed by atoms with Gasteiger partial charge < -0.3 is 5.32 Å². The lowest BCUT2D eigenvalue weighted by molar-refractivity contribution is -0.385. The van der Waals surface area contributed by atoms with Gasteiger partial charge in [-0.15, -0.1) is 0 Å². The molecule has 0 aliphatic carbocycles. The molecule has 6 nitrogen and oxygen atoms in total. The highest BCUT2D eigenvalue weighted by molar-refractivity contribution is 7.99. The van der Waals surface area contributed by atoms with Crippen molar-refractivity contribution in [1.82, 2.24) is 4.98 Å². The van der Waals surface area contributed by atoms with Gasteiger partial charge in [0.1, 0.15) is 6.20 Å². The Hall–Kier alpha value is -2.41. The molecule has 1 N–H and O–H groups in total. The van der Waals surface area contributed by atoms with Gasteiger partial charge in [0.2, 0.25) is 5.91 Å². The third-order valence-electron chi connectivity index (χ3n) is 2.93. The molecule has 0 spiro atoms. The maximum atomic E-state index is 11.8. The summed E-state index contributed by atoms with van der Waals surface area (Å²) in [6.45, 7) is 2.07. The van der Waals surface area contributed by atoms with Gasteiger partial charge in [-0.1, -0.05) is 30.8 Å². The smallest absolute Gasteiger partial charge is 0.287 e. The number of hydrogen-bond donors (Lipinski definition) is 1. The second-order valence-electron chi connectivity index (χ2n) is 4.50. The summed E-state index contributed by atoms with van der Waals surface area (Å²) in [5.74, 6) is 0.0507. The quantitative estimate of drug-likeness (QED) is 0.502. The number of aromatic nitrogens is 1. The summed E-state index contributed by atoms with van der Waals surface area (Å²) in [4.78, 5) is 25.8. The predicted octanol–water partition coefficient (Wildman–Crippen LogP) is 3.28. The van der Waals surface area contributed by atoms with E-state index in [1.54, 1.807) is 0 Å². The van der Waals surface area contributed by atoms with Gasteiger partial charge in [0.25, 0.3) is 5.69 Å². The number of benzene rings is 1. The van der Waals surface area contributed by atoms with Gasteiger partial charge in [-0.3, -0.25) is 14.9 Å². The first-order chi connectivity index (χ1) is 10.6. The highest BCUT2D eigenvalue weighted by atomic mass is 32.2. The number of nitrogens with one attached hydrogen (secondary N) is 1. The molecule has 0 aliphatic rings. The number of carbonyl (C=O) groups excluding carboxylic acids is 1. The number of carbonyl (C=O) groups is 1. The van der Waals surface area contributed by atoms with Crippen LogP contribution in [-0.4, -0.2) is 21.6 Å². The molecule has 1 amide bonds. The Kier molecular flexibility index (Phi) is 5.48. The molecule has 2 aromatic rings. The van der Waals surface area contributed by atoms with E-state index in [9.17, 15) is 14.9 Å². The third kappa shape index (κ3) is 4.56. The fourth-order valence-electron chi connectivity index (χ4n) is 1.73. The summed E-state index contributed by atoms with van der Waals surface area (Å²) in [5, 5.41) is 13.9. The van der Waals surface area contributed by atoms with E-state index < -0.39 is 4.92 Å². The standard InChI is InChI=1S/C15H15N3O3S/c1-2-11-3-5-12(6-4-11)17-14(19)10-22-15-8-7-13(9-16-15)18(20)21/h3-9H,2,10H2,1H3,(H,17,19). The minimum atomic E-state index is -0.506. The van der Waals surface area contributed by atoms with Crippen LogP contribution in [0.5, 0.6) is 0 Å². The molecule has 0 aliphatic heterocycles. The molecule has 22 heavy (non-hydrogen) atoms. The maximum Gasteiger partial charge on any atom is 0.287 e. The molecule has 1 aromatic carbocycles. The minimum Gasteiger partial charge on any atom is -0.325 e. The zero-order chi connectivity index (χ0) is 15.9. The van der Waals surface area contributed by atoms with Crippen LogP contribution in [0.3, 0.4) is 0 Å². The Labute approximate surface area is 132 Å². The van der Waals surface area contributed by atoms with E-state index in [1.807, 2.05) is 24.3 Å². The SMILES string of the molecule is CCc1ccc(NC(=O)CSc2ccc([N+](=O)[O-])cn2)cc1. The van der Waals surface area contributed by atoms with Crippen LogP contribution in [0.1, 0.15) is 12.5 Å². The average Bonchev–Trinajstić information content (AvgIpc) is 2.54. The van der Waals surface area contributed by atoms with E-state index in [-0.39, 0.29) is 17.3 Å². The highest BCUT2D eigenvalue weighted by Gasteiger charge is 2.08. The lowest BCUT2D eigenvalue weighted by Gasteiger charge is -2.05. The largest absolute Gasteiger partial charge is 0.325 e. The van der Waals surface area contributed by atoms with Gasteiger partial charge in [0, 0.05) is 11.8 Å². The van der Waals surface area contributed by atoms with Crippen LogP contribution >= 0.6 is 11.8 Å². The molecule has 0 radical (unpaired) electrons. The van der Waals surface area contributed by atoms with Crippen molar-refractivity contribution in [1.29, 1.82) is 0 Å². The first-order valence-electron chi connectivity index (χ1n) is 6.70. The molecule has 114 valence electrons. The number of nitro groups is 1. The van der Waals surface area contributed by atoms with Crippen molar-refractivity contribution < 1.29 is 9.72 Å².